The zero-order chi connectivity index (χ0) is 16.4. The summed E-state index contributed by atoms with van der Waals surface area (Å²) in [6.07, 6.45) is 1.45. The molecule has 0 aliphatic rings. The van der Waals surface area contributed by atoms with Gasteiger partial charge in [0.25, 0.3) is 5.56 Å². The Morgan fingerprint density at radius 3 is 2.52 bits per heavy atom. The Labute approximate surface area is 134 Å². The summed E-state index contributed by atoms with van der Waals surface area (Å²) in [6.45, 7) is 1.95. The summed E-state index contributed by atoms with van der Waals surface area (Å²) in [5, 5.41) is 2.21. The highest BCUT2D eigenvalue weighted by atomic mass is 32.2. The van der Waals surface area contributed by atoms with E-state index in [9.17, 15) is 13.2 Å². The number of nitrogens with one attached hydrogen (secondary N) is 2. The topological polar surface area (TPSA) is 79.0 Å². The zero-order valence-corrected chi connectivity index (χ0v) is 13.6. The normalized spacial score (nSPS) is 11.9. The highest BCUT2D eigenvalue weighted by Gasteiger charge is 2.11. The van der Waals surface area contributed by atoms with Gasteiger partial charge in [-0.25, -0.2) is 8.42 Å². The molecule has 120 valence electrons. The van der Waals surface area contributed by atoms with Crippen molar-refractivity contribution in [2.75, 3.05) is 10.5 Å². The summed E-state index contributed by atoms with van der Waals surface area (Å²) in [5.74, 6) is 0.105. The van der Waals surface area contributed by atoms with E-state index in [2.05, 4.69) is 9.71 Å². The molecular weight excluding hydrogens is 312 g/mol. The highest BCUT2D eigenvalue weighted by Crippen LogP contribution is 2.24. The summed E-state index contributed by atoms with van der Waals surface area (Å²) >= 11 is 0. The molecule has 3 aromatic rings. The molecule has 0 unspecified atom stereocenters. The summed E-state index contributed by atoms with van der Waals surface area (Å²) in [6, 6.07) is 12.4. The van der Waals surface area contributed by atoms with Gasteiger partial charge in [0.15, 0.2) is 0 Å². The van der Waals surface area contributed by atoms with Crippen LogP contribution in [0.2, 0.25) is 0 Å². The number of aromatic nitrogens is 1. The summed E-state index contributed by atoms with van der Waals surface area (Å²) in [4.78, 5) is 14.9. The van der Waals surface area contributed by atoms with Crippen LogP contribution in [-0.2, 0) is 10.0 Å². The van der Waals surface area contributed by atoms with E-state index in [0.29, 0.717) is 23.0 Å². The Hall–Kier alpha value is -2.34. The van der Waals surface area contributed by atoms with E-state index in [0.717, 1.165) is 17.2 Å². The summed E-state index contributed by atoms with van der Waals surface area (Å²) in [5.41, 5.74) is 1.04. The molecule has 0 aliphatic carbocycles. The lowest BCUT2D eigenvalue weighted by Crippen LogP contribution is -2.16. The van der Waals surface area contributed by atoms with Gasteiger partial charge in [-0.15, -0.1) is 0 Å². The maximum atomic E-state index is 12.1. The lowest BCUT2D eigenvalue weighted by Gasteiger charge is -2.10. The number of rotatable bonds is 5. The molecule has 0 saturated heterocycles. The van der Waals surface area contributed by atoms with Gasteiger partial charge in [0.2, 0.25) is 10.0 Å². The van der Waals surface area contributed by atoms with Gasteiger partial charge >= 0.3 is 0 Å². The van der Waals surface area contributed by atoms with Crippen molar-refractivity contribution in [1.82, 2.24) is 4.98 Å². The second-order valence-electron chi connectivity index (χ2n) is 5.53. The molecule has 0 aliphatic heterocycles. The van der Waals surface area contributed by atoms with Crippen LogP contribution in [0.15, 0.2) is 47.3 Å². The van der Waals surface area contributed by atoms with Gasteiger partial charge in [0.1, 0.15) is 0 Å². The minimum atomic E-state index is -3.35. The summed E-state index contributed by atoms with van der Waals surface area (Å²) in [7, 11) is -3.35. The molecular formula is C17H18N2O3S. The van der Waals surface area contributed by atoms with Crippen LogP contribution in [0, 0.1) is 0 Å². The van der Waals surface area contributed by atoms with Gasteiger partial charge < -0.3 is 4.98 Å². The third-order valence-electron chi connectivity index (χ3n) is 3.77. The van der Waals surface area contributed by atoms with Crippen LogP contribution >= 0.6 is 0 Å². The molecule has 2 aromatic carbocycles. The second kappa shape index (κ2) is 6.04. The van der Waals surface area contributed by atoms with Crippen LogP contribution in [0.25, 0.3) is 21.7 Å². The van der Waals surface area contributed by atoms with Crippen molar-refractivity contribution in [3.05, 3.63) is 52.8 Å². The number of benzene rings is 2. The number of pyridine rings is 1. The number of anilines is 1. The molecule has 3 rings (SSSR count). The first-order chi connectivity index (χ1) is 11.0. The van der Waals surface area contributed by atoms with Crippen LogP contribution in [0.5, 0.6) is 0 Å². The van der Waals surface area contributed by atoms with Crippen molar-refractivity contribution in [2.24, 2.45) is 0 Å². The van der Waals surface area contributed by atoms with Gasteiger partial charge in [-0.05, 0) is 36.1 Å². The molecule has 0 fully saturated rings. The maximum Gasteiger partial charge on any atom is 0.256 e. The minimum Gasteiger partial charge on any atom is -0.321 e. The predicted molar refractivity (Wildman–Crippen MR) is 94.4 cm³/mol. The molecule has 0 spiro atoms. The van der Waals surface area contributed by atoms with Crippen LogP contribution in [0.1, 0.15) is 19.8 Å². The average Bonchev–Trinajstić information content (AvgIpc) is 2.54. The number of hydrogen-bond acceptors (Lipinski definition) is 3. The molecule has 23 heavy (non-hydrogen) atoms. The van der Waals surface area contributed by atoms with Gasteiger partial charge in [-0.3, -0.25) is 9.52 Å². The molecule has 0 saturated carbocycles. The third-order valence-corrected chi connectivity index (χ3v) is 5.14. The number of sulfonamides is 1. The fraction of sp³-hybridized carbons (Fsp3) is 0.235. The number of aromatic amines is 1. The van der Waals surface area contributed by atoms with E-state index in [-0.39, 0.29) is 11.3 Å². The molecule has 0 amide bonds. The number of hydrogen-bond donors (Lipinski definition) is 2. The van der Waals surface area contributed by atoms with E-state index in [4.69, 9.17) is 0 Å². The third kappa shape index (κ3) is 3.22. The van der Waals surface area contributed by atoms with Crippen molar-refractivity contribution in [1.29, 1.82) is 0 Å². The van der Waals surface area contributed by atoms with Gasteiger partial charge in [-0.1, -0.05) is 31.5 Å². The zero-order valence-electron chi connectivity index (χ0n) is 12.8. The lowest BCUT2D eigenvalue weighted by atomic mass is 10.1. The van der Waals surface area contributed by atoms with Crippen LogP contribution in [0.3, 0.4) is 0 Å². The number of fused-ring (bicyclic) bond motifs is 3. The average molecular weight is 330 g/mol. The first-order valence-electron chi connectivity index (χ1n) is 7.55. The number of unbranched alkanes of at least 4 members (excludes halogenated alkanes) is 1. The van der Waals surface area contributed by atoms with E-state index in [1.165, 1.54) is 0 Å². The maximum absolute atomic E-state index is 12.1. The van der Waals surface area contributed by atoms with Crippen LogP contribution < -0.4 is 10.3 Å². The molecule has 0 bridgehead atoms. The molecule has 1 aromatic heterocycles. The fourth-order valence-electron chi connectivity index (χ4n) is 2.61. The standard InChI is InChI=1S/C17H18N2O3S/c1-2-3-10-23(21,22)19-12-8-9-16-15(11-12)13-6-4-5-7-14(13)17(20)18-16/h4-9,11,19H,2-3,10H2,1H3,(H,18,20). The van der Waals surface area contributed by atoms with Crippen molar-refractivity contribution in [3.8, 4) is 0 Å². The number of H-pyrrole nitrogens is 1. The predicted octanol–water partition coefficient (Wildman–Crippen LogP) is 3.22. The first kappa shape index (κ1) is 15.6. The minimum absolute atomic E-state index is 0.105. The van der Waals surface area contributed by atoms with E-state index < -0.39 is 10.0 Å². The summed E-state index contributed by atoms with van der Waals surface area (Å²) < 4.78 is 26.7. The Kier molecular flexibility index (Phi) is 4.09. The Morgan fingerprint density at radius 2 is 1.78 bits per heavy atom. The monoisotopic (exact) mass is 330 g/mol. The van der Waals surface area contributed by atoms with Crippen LogP contribution in [0.4, 0.5) is 5.69 Å². The molecule has 5 nitrogen and oxygen atoms in total. The molecule has 6 heteroatoms. The SMILES string of the molecule is CCCCS(=O)(=O)Nc1ccc2[nH]c(=O)c3ccccc3c2c1. The Morgan fingerprint density at radius 1 is 1.04 bits per heavy atom. The van der Waals surface area contributed by atoms with Gasteiger partial charge in [0.05, 0.1) is 5.75 Å². The molecule has 2 N–H and O–H groups in total. The van der Waals surface area contributed by atoms with Crippen molar-refractivity contribution in [2.45, 2.75) is 19.8 Å². The fourth-order valence-corrected chi connectivity index (χ4v) is 3.87. The van der Waals surface area contributed by atoms with Crippen LogP contribution in [-0.4, -0.2) is 19.2 Å². The first-order valence-corrected chi connectivity index (χ1v) is 9.21. The van der Waals surface area contributed by atoms with Crippen molar-refractivity contribution < 1.29 is 8.42 Å². The smallest absolute Gasteiger partial charge is 0.256 e. The highest BCUT2D eigenvalue weighted by molar-refractivity contribution is 7.92. The van der Waals surface area contributed by atoms with E-state index in [1.807, 2.05) is 19.1 Å². The molecule has 1 heterocycles. The van der Waals surface area contributed by atoms with E-state index >= 15 is 0 Å². The quantitative estimate of drug-likeness (QED) is 0.705. The van der Waals surface area contributed by atoms with Gasteiger partial charge in [-0.2, -0.15) is 0 Å². The molecule has 0 atom stereocenters. The molecule has 0 radical (unpaired) electrons. The largest absolute Gasteiger partial charge is 0.321 e. The van der Waals surface area contributed by atoms with E-state index in [1.54, 1.807) is 30.3 Å². The second-order valence-corrected chi connectivity index (χ2v) is 7.38. The van der Waals surface area contributed by atoms with Crippen molar-refractivity contribution in [3.63, 3.8) is 0 Å². The van der Waals surface area contributed by atoms with Gasteiger partial charge in [0, 0.05) is 22.0 Å². The van der Waals surface area contributed by atoms with Crippen molar-refractivity contribution >= 4 is 37.4 Å². The Bertz CT molecular complexity index is 1020. The Balaban J connectivity index is 2.10. The lowest BCUT2D eigenvalue weighted by molar-refractivity contribution is 0.598.